The summed E-state index contributed by atoms with van der Waals surface area (Å²) in [6.45, 7) is 8.87. The van der Waals surface area contributed by atoms with Gasteiger partial charge in [0.05, 0.1) is 18.3 Å². The average Bonchev–Trinajstić information content (AvgIpc) is 3.22. The Morgan fingerprint density at radius 1 is 1.04 bits per heavy atom. The van der Waals surface area contributed by atoms with Crippen molar-refractivity contribution in [2.45, 2.75) is 33.2 Å². The van der Waals surface area contributed by atoms with Gasteiger partial charge < -0.3 is 4.90 Å². The van der Waals surface area contributed by atoms with Gasteiger partial charge in [-0.25, -0.2) is 0 Å². The molecule has 0 aliphatic heterocycles. The molecule has 0 spiro atoms. The fraction of sp³-hybridized carbons (Fsp3) is 0.421. The molecule has 0 unspecified atom stereocenters. The summed E-state index contributed by atoms with van der Waals surface area (Å²) in [5, 5.41) is 10.2. The van der Waals surface area contributed by atoms with Crippen LogP contribution in [0.3, 0.4) is 0 Å². The van der Waals surface area contributed by atoms with Gasteiger partial charge >= 0.3 is 0 Å². The highest BCUT2D eigenvalue weighted by Gasteiger charge is 2.08. The Balaban J connectivity index is 1.79. The lowest BCUT2D eigenvalue weighted by molar-refractivity contribution is 0.261. The van der Waals surface area contributed by atoms with Gasteiger partial charge in [-0.3, -0.25) is 4.68 Å². The molecule has 0 N–H and O–H groups in total. The van der Waals surface area contributed by atoms with Crippen LogP contribution in [0.2, 0.25) is 0 Å². The van der Waals surface area contributed by atoms with Crippen molar-refractivity contribution in [2.24, 2.45) is 0 Å². The minimum atomic E-state index is 0.955. The predicted molar refractivity (Wildman–Crippen MR) is 100 cm³/mol. The van der Waals surface area contributed by atoms with Gasteiger partial charge in [-0.1, -0.05) is 26.0 Å². The molecule has 122 valence electrons. The lowest BCUT2D eigenvalue weighted by Gasteiger charge is -2.20. The molecule has 0 fully saturated rings. The first-order valence-electron chi connectivity index (χ1n) is 8.52. The monoisotopic (exact) mass is 327 g/mol. The number of aromatic nitrogens is 2. The normalized spacial score (nSPS) is 11.6. The minimum Gasteiger partial charge on any atom is -0.302 e. The van der Waals surface area contributed by atoms with Crippen LogP contribution in [0.15, 0.2) is 41.2 Å². The number of rotatable bonds is 8. The first kappa shape index (κ1) is 16.2. The zero-order valence-electron chi connectivity index (χ0n) is 14.0. The molecule has 1 aromatic carbocycles. The zero-order valence-corrected chi connectivity index (χ0v) is 14.9. The third kappa shape index (κ3) is 3.82. The van der Waals surface area contributed by atoms with E-state index in [4.69, 9.17) is 0 Å². The van der Waals surface area contributed by atoms with Crippen LogP contribution in [-0.4, -0.2) is 34.3 Å². The van der Waals surface area contributed by atoms with Gasteiger partial charge in [0.25, 0.3) is 0 Å². The van der Waals surface area contributed by atoms with Crippen molar-refractivity contribution in [3.05, 3.63) is 41.2 Å². The van der Waals surface area contributed by atoms with Crippen LogP contribution < -0.4 is 0 Å². The Bertz CT molecular complexity index is 724. The average molecular weight is 327 g/mol. The van der Waals surface area contributed by atoms with Gasteiger partial charge in [0.1, 0.15) is 0 Å². The number of hydrogen-bond acceptors (Lipinski definition) is 3. The van der Waals surface area contributed by atoms with E-state index in [-0.39, 0.29) is 0 Å². The van der Waals surface area contributed by atoms with E-state index < -0.39 is 0 Å². The second-order valence-electron chi connectivity index (χ2n) is 5.99. The van der Waals surface area contributed by atoms with E-state index >= 15 is 0 Å². The van der Waals surface area contributed by atoms with Crippen LogP contribution in [0.1, 0.15) is 26.7 Å². The molecule has 0 radical (unpaired) electrons. The maximum atomic E-state index is 4.60. The number of benzene rings is 1. The smallest absolute Gasteiger partial charge is 0.0689 e. The molecule has 3 nitrogen and oxygen atoms in total. The van der Waals surface area contributed by atoms with Crippen molar-refractivity contribution < 1.29 is 0 Å². The molecule has 2 heterocycles. The number of fused-ring (bicyclic) bond motifs is 1. The van der Waals surface area contributed by atoms with Crippen LogP contribution in [0.25, 0.3) is 22.0 Å². The molecule has 2 aromatic heterocycles. The van der Waals surface area contributed by atoms with Crippen molar-refractivity contribution in [1.82, 2.24) is 14.7 Å². The van der Waals surface area contributed by atoms with Crippen molar-refractivity contribution in [2.75, 3.05) is 19.6 Å². The molecule has 0 amide bonds. The van der Waals surface area contributed by atoms with E-state index in [0.29, 0.717) is 0 Å². The standard InChI is InChI=1S/C19H25N3S/c1-3-8-21(9-4-2)10-11-22-19-13-16(18-7-12-23-15-18)5-6-17(19)14-20-22/h5-7,12-15H,3-4,8-11H2,1-2H3. The predicted octanol–water partition coefficient (Wildman–Crippen LogP) is 4.89. The Hall–Kier alpha value is -1.65. The fourth-order valence-corrected chi connectivity index (χ4v) is 3.73. The van der Waals surface area contributed by atoms with Crippen molar-refractivity contribution in [3.8, 4) is 11.1 Å². The summed E-state index contributed by atoms with van der Waals surface area (Å²) in [6, 6.07) is 8.82. The number of hydrogen-bond donors (Lipinski definition) is 0. The summed E-state index contributed by atoms with van der Waals surface area (Å²) < 4.78 is 2.16. The number of thiophene rings is 1. The van der Waals surface area contributed by atoms with E-state index in [1.165, 1.54) is 48.0 Å². The summed E-state index contributed by atoms with van der Waals surface area (Å²) >= 11 is 1.74. The highest BCUT2D eigenvalue weighted by atomic mass is 32.1. The molecular formula is C19H25N3S. The Morgan fingerprint density at radius 3 is 2.57 bits per heavy atom. The Labute approximate surface area is 142 Å². The summed E-state index contributed by atoms with van der Waals surface area (Å²) in [7, 11) is 0. The number of nitrogens with zero attached hydrogens (tertiary/aromatic N) is 3. The van der Waals surface area contributed by atoms with Gasteiger partial charge in [0.2, 0.25) is 0 Å². The van der Waals surface area contributed by atoms with Crippen molar-refractivity contribution in [3.63, 3.8) is 0 Å². The Morgan fingerprint density at radius 2 is 1.87 bits per heavy atom. The van der Waals surface area contributed by atoms with Crippen molar-refractivity contribution >= 4 is 22.2 Å². The molecule has 4 heteroatoms. The summed E-state index contributed by atoms with van der Waals surface area (Å²) in [5.74, 6) is 0. The molecule has 0 aliphatic carbocycles. The largest absolute Gasteiger partial charge is 0.302 e. The first-order valence-corrected chi connectivity index (χ1v) is 9.46. The first-order chi connectivity index (χ1) is 11.3. The quantitative estimate of drug-likeness (QED) is 0.587. The van der Waals surface area contributed by atoms with Gasteiger partial charge in [0.15, 0.2) is 0 Å². The van der Waals surface area contributed by atoms with E-state index in [2.05, 4.69) is 63.6 Å². The van der Waals surface area contributed by atoms with Gasteiger partial charge in [-0.2, -0.15) is 16.4 Å². The summed E-state index contributed by atoms with van der Waals surface area (Å²) in [6.07, 6.45) is 4.40. The molecular weight excluding hydrogens is 302 g/mol. The molecule has 3 rings (SSSR count). The van der Waals surface area contributed by atoms with E-state index in [1.807, 2.05) is 6.20 Å². The van der Waals surface area contributed by atoms with Crippen LogP contribution in [-0.2, 0) is 6.54 Å². The third-order valence-electron chi connectivity index (χ3n) is 4.21. The second-order valence-corrected chi connectivity index (χ2v) is 6.78. The second kappa shape index (κ2) is 7.75. The summed E-state index contributed by atoms with van der Waals surface area (Å²) in [5.41, 5.74) is 3.81. The lowest BCUT2D eigenvalue weighted by atomic mass is 10.1. The highest BCUT2D eigenvalue weighted by molar-refractivity contribution is 7.08. The molecule has 0 bridgehead atoms. The third-order valence-corrected chi connectivity index (χ3v) is 4.89. The van der Waals surface area contributed by atoms with Crippen LogP contribution in [0, 0.1) is 0 Å². The maximum absolute atomic E-state index is 4.60. The maximum Gasteiger partial charge on any atom is 0.0689 e. The SMILES string of the molecule is CCCN(CCC)CCn1ncc2ccc(-c3ccsc3)cc21. The lowest BCUT2D eigenvalue weighted by Crippen LogP contribution is -2.29. The van der Waals surface area contributed by atoms with Crippen molar-refractivity contribution in [1.29, 1.82) is 0 Å². The molecule has 0 aliphatic rings. The minimum absolute atomic E-state index is 0.955. The van der Waals surface area contributed by atoms with E-state index in [9.17, 15) is 0 Å². The molecule has 23 heavy (non-hydrogen) atoms. The molecule has 0 saturated carbocycles. The molecule has 0 saturated heterocycles. The van der Waals surface area contributed by atoms with E-state index in [0.717, 1.165) is 13.1 Å². The summed E-state index contributed by atoms with van der Waals surface area (Å²) in [4.78, 5) is 2.54. The van der Waals surface area contributed by atoms with Gasteiger partial charge in [-0.05, 0) is 60.0 Å². The molecule has 3 aromatic rings. The van der Waals surface area contributed by atoms with Crippen LogP contribution in [0.5, 0.6) is 0 Å². The topological polar surface area (TPSA) is 21.1 Å². The van der Waals surface area contributed by atoms with Crippen LogP contribution in [0.4, 0.5) is 0 Å². The van der Waals surface area contributed by atoms with Crippen LogP contribution >= 0.6 is 11.3 Å². The van der Waals surface area contributed by atoms with Gasteiger partial charge in [-0.15, -0.1) is 0 Å². The van der Waals surface area contributed by atoms with Gasteiger partial charge in [0, 0.05) is 11.9 Å². The molecule has 0 atom stereocenters. The highest BCUT2D eigenvalue weighted by Crippen LogP contribution is 2.26. The fourth-order valence-electron chi connectivity index (χ4n) is 3.06. The van der Waals surface area contributed by atoms with E-state index in [1.54, 1.807) is 11.3 Å². The zero-order chi connectivity index (χ0) is 16.1. The Kier molecular flexibility index (Phi) is 5.47.